The third kappa shape index (κ3) is 3.04. The number of hydrogen-bond donors (Lipinski definition) is 0. The Hall–Kier alpha value is -2.82. The van der Waals surface area contributed by atoms with Gasteiger partial charge in [0, 0.05) is 46.6 Å². The first kappa shape index (κ1) is 16.5. The van der Waals surface area contributed by atoms with E-state index in [4.69, 9.17) is 0 Å². The molecule has 2 rings (SSSR count). The summed E-state index contributed by atoms with van der Waals surface area (Å²) in [5.74, 6) is 1.29. The van der Waals surface area contributed by atoms with E-state index >= 15 is 0 Å². The monoisotopic (exact) mass is 316 g/mol. The molecule has 8 heteroatoms. The number of nitriles is 1. The maximum Gasteiger partial charge on any atom is 0.332 e. The molecule has 0 bridgehead atoms. The fourth-order valence-electron chi connectivity index (χ4n) is 2.60. The van der Waals surface area contributed by atoms with Crippen molar-refractivity contribution in [1.29, 1.82) is 5.26 Å². The summed E-state index contributed by atoms with van der Waals surface area (Å²) >= 11 is 0. The van der Waals surface area contributed by atoms with Crippen molar-refractivity contribution in [3.05, 3.63) is 44.6 Å². The molecule has 0 amide bonds. The average Bonchev–Trinajstić information content (AvgIpc) is 2.93. The first-order valence-electron chi connectivity index (χ1n) is 7.27. The zero-order valence-electron chi connectivity index (χ0n) is 13.8. The molecule has 0 fully saturated rings. The third-order valence-electron chi connectivity index (χ3n) is 3.92. The molecule has 0 spiro atoms. The first-order valence-corrected chi connectivity index (χ1v) is 7.27. The van der Waals surface area contributed by atoms with Gasteiger partial charge in [0.2, 0.25) is 0 Å². The lowest BCUT2D eigenvalue weighted by Gasteiger charge is -2.23. The van der Waals surface area contributed by atoms with Crippen LogP contribution in [0.15, 0.2) is 22.0 Å². The Balaban J connectivity index is 2.24. The lowest BCUT2D eigenvalue weighted by atomic mass is 10.3. The molecule has 0 aliphatic heterocycles. The average molecular weight is 316 g/mol. The summed E-state index contributed by atoms with van der Waals surface area (Å²) in [5.41, 5.74) is -1.03. The van der Waals surface area contributed by atoms with Gasteiger partial charge in [0.25, 0.3) is 5.56 Å². The Morgan fingerprint density at radius 1 is 1.30 bits per heavy atom. The Bertz CT molecular complexity index is 868. The van der Waals surface area contributed by atoms with E-state index in [1.54, 1.807) is 25.2 Å². The highest BCUT2D eigenvalue weighted by molar-refractivity contribution is 5.52. The van der Waals surface area contributed by atoms with Gasteiger partial charge < -0.3 is 9.47 Å². The minimum Gasteiger partial charge on any atom is -0.360 e. The molecular formula is C15H20N6O2. The van der Waals surface area contributed by atoms with Gasteiger partial charge in [-0.15, -0.1) is 0 Å². The molecule has 0 N–H and O–H groups in total. The summed E-state index contributed by atoms with van der Waals surface area (Å²) in [6, 6.07) is 1.92. The smallest absolute Gasteiger partial charge is 0.332 e. The molecular weight excluding hydrogens is 296 g/mol. The molecule has 2 heterocycles. The fraction of sp³-hybridized carbons (Fsp3) is 0.467. The number of imidazole rings is 1. The number of aryl methyl sites for hydroxylation is 2. The van der Waals surface area contributed by atoms with Crippen LogP contribution in [0.2, 0.25) is 0 Å². The first-order chi connectivity index (χ1) is 10.9. The second-order valence-corrected chi connectivity index (χ2v) is 5.46. The summed E-state index contributed by atoms with van der Waals surface area (Å²) in [4.78, 5) is 30.1. The lowest BCUT2D eigenvalue weighted by molar-refractivity contribution is 0.608. The van der Waals surface area contributed by atoms with E-state index in [0.717, 1.165) is 23.4 Å². The van der Waals surface area contributed by atoms with E-state index in [9.17, 15) is 14.9 Å². The Morgan fingerprint density at radius 3 is 2.57 bits per heavy atom. The molecule has 0 radical (unpaired) electrons. The van der Waals surface area contributed by atoms with Crippen molar-refractivity contribution >= 4 is 5.82 Å². The molecule has 23 heavy (non-hydrogen) atoms. The Morgan fingerprint density at radius 2 is 2.00 bits per heavy atom. The summed E-state index contributed by atoms with van der Waals surface area (Å²) in [6.45, 7) is 3.31. The minimum absolute atomic E-state index is 0.0177. The van der Waals surface area contributed by atoms with Crippen LogP contribution in [0.25, 0.3) is 0 Å². The zero-order valence-corrected chi connectivity index (χ0v) is 13.8. The van der Waals surface area contributed by atoms with Gasteiger partial charge in [0.05, 0.1) is 0 Å². The van der Waals surface area contributed by atoms with Gasteiger partial charge in [-0.2, -0.15) is 5.26 Å². The third-order valence-corrected chi connectivity index (χ3v) is 3.92. The highest BCUT2D eigenvalue weighted by Gasteiger charge is 2.18. The zero-order chi connectivity index (χ0) is 17.1. The van der Waals surface area contributed by atoms with Crippen LogP contribution < -0.4 is 16.1 Å². The van der Waals surface area contributed by atoms with Gasteiger partial charge in [-0.25, -0.2) is 9.78 Å². The highest BCUT2D eigenvalue weighted by Crippen LogP contribution is 2.13. The normalized spacial score (nSPS) is 10.6. The van der Waals surface area contributed by atoms with Crippen molar-refractivity contribution in [2.24, 2.45) is 14.1 Å². The predicted octanol–water partition coefficient (Wildman–Crippen LogP) is -0.0129. The summed E-state index contributed by atoms with van der Waals surface area (Å²) in [7, 11) is 4.71. The molecule has 0 saturated heterocycles. The molecule has 0 saturated carbocycles. The quantitative estimate of drug-likeness (QED) is 0.774. The van der Waals surface area contributed by atoms with Crippen LogP contribution in [0.5, 0.6) is 0 Å². The van der Waals surface area contributed by atoms with Gasteiger partial charge in [0.1, 0.15) is 17.7 Å². The van der Waals surface area contributed by atoms with Gasteiger partial charge in [0.15, 0.2) is 5.56 Å². The summed E-state index contributed by atoms with van der Waals surface area (Å²) in [5, 5.41) is 9.28. The van der Waals surface area contributed by atoms with Crippen LogP contribution in [-0.4, -0.2) is 32.3 Å². The van der Waals surface area contributed by atoms with Crippen molar-refractivity contribution in [3.63, 3.8) is 0 Å². The molecule has 0 aliphatic rings. The van der Waals surface area contributed by atoms with E-state index in [1.165, 1.54) is 11.6 Å². The van der Waals surface area contributed by atoms with Crippen molar-refractivity contribution < 1.29 is 0 Å². The van der Waals surface area contributed by atoms with Gasteiger partial charge >= 0.3 is 5.69 Å². The van der Waals surface area contributed by atoms with E-state index in [0.29, 0.717) is 12.4 Å². The number of aromatic nitrogens is 4. The van der Waals surface area contributed by atoms with Crippen LogP contribution in [0.4, 0.5) is 5.82 Å². The van der Waals surface area contributed by atoms with Crippen LogP contribution in [0.3, 0.4) is 0 Å². The van der Waals surface area contributed by atoms with Crippen molar-refractivity contribution in [2.75, 3.05) is 18.5 Å². The molecule has 8 nitrogen and oxygen atoms in total. The summed E-state index contributed by atoms with van der Waals surface area (Å²) < 4.78 is 4.31. The standard InChI is InChI=1S/C15H20N6O2/c1-11-17-6-9-21(11)8-5-7-18(2)13-12(10-16)14(22)20(4)15(23)19(13)3/h6,9H,5,7-8H2,1-4H3. The lowest BCUT2D eigenvalue weighted by Crippen LogP contribution is -2.42. The maximum absolute atomic E-state index is 12.1. The van der Waals surface area contributed by atoms with Crippen LogP contribution >= 0.6 is 0 Å². The SMILES string of the molecule is Cc1nccn1CCCN(C)c1c(C#N)c(=O)n(C)c(=O)n1C. The summed E-state index contributed by atoms with van der Waals surface area (Å²) in [6.07, 6.45) is 4.45. The number of hydrogen-bond acceptors (Lipinski definition) is 5. The molecule has 0 aliphatic carbocycles. The number of rotatable bonds is 5. The van der Waals surface area contributed by atoms with Crippen LogP contribution in [-0.2, 0) is 20.6 Å². The molecule has 2 aromatic heterocycles. The highest BCUT2D eigenvalue weighted by atomic mass is 16.2. The second kappa shape index (κ2) is 6.52. The van der Waals surface area contributed by atoms with Gasteiger partial charge in [-0.1, -0.05) is 0 Å². The topological polar surface area (TPSA) is 88.8 Å². The predicted molar refractivity (Wildman–Crippen MR) is 86.5 cm³/mol. The minimum atomic E-state index is -0.567. The molecule has 0 aromatic carbocycles. The molecule has 2 aromatic rings. The van der Waals surface area contributed by atoms with Crippen LogP contribution in [0, 0.1) is 18.3 Å². The Labute approximate surface area is 133 Å². The van der Waals surface area contributed by atoms with Gasteiger partial charge in [-0.05, 0) is 13.3 Å². The van der Waals surface area contributed by atoms with E-state index in [-0.39, 0.29) is 5.56 Å². The van der Waals surface area contributed by atoms with E-state index in [2.05, 4.69) is 4.98 Å². The van der Waals surface area contributed by atoms with Crippen molar-refractivity contribution in [3.8, 4) is 6.07 Å². The van der Waals surface area contributed by atoms with Crippen LogP contribution in [0.1, 0.15) is 17.8 Å². The van der Waals surface area contributed by atoms with E-state index < -0.39 is 11.2 Å². The second-order valence-electron chi connectivity index (χ2n) is 5.46. The van der Waals surface area contributed by atoms with Crippen molar-refractivity contribution in [1.82, 2.24) is 18.7 Å². The number of anilines is 1. The molecule has 0 unspecified atom stereocenters. The van der Waals surface area contributed by atoms with Gasteiger partial charge in [-0.3, -0.25) is 13.9 Å². The van der Waals surface area contributed by atoms with Crippen molar-refractivity contribution in [2.45, 2.75) is 19.9 Å². The molecule has 122 valence electrons. The maximum atomic E-state index is 12.1. The molecule has 0 atom stereocenters. The number of nitrogens with zero attached hydrogens (tertiary/aromatic N) is 6. The Kier molecular flexibility index (Phi) is 4.69. The van der Waals surface area contributed by atoms with E-state index in [1.807, 2.05) is 23.8 Å². The largest absolute Gasteiger partial charge is 0.360 e. The fourth-order valence-corrected chi connectivity index (χ4v) is 2.60.